The molecular weight excluding hydrogens is 282 g/mol. The molecule has 0 aliphatic rings. The molecule has 0 aliphatic carbocycles. The Morgan fingerprint density at radius 2 is 2.00 bits per heavy atom. The third-order valence-corrected chi connectivity index (χ3v) is 4.18. The van der Waals surface area contributed by atoms with E-state index in [9.17, 15) is 0 Å². The second-order valence-electron chi connectivity index (χ2n) is 4.98. The van der Waals surface area contributed by atoms with Crippen molar-refractivity contribution in [2.75, 3.05) is 17.2 Å². The summed E-state index contributed by atoms with van der Waals surface area (Å²) in [4.78, 5) is 13.6. The Labute approximate surface area is 130 Å². The molecule has 114 valence electrons. The summed E-state index contributed by atoms with van der Waals surface area (Å²) in [5.41, 5.74) is 1.06. The molecule has 0 bridgehead atoms. The van der Waals surface area contributed by atoms with Crippen LogP contribution < -0.4 is 10.6 Å². The number of hydrogen-bond acceptors (Lipinski definition) is 6. The maximum atomic E-state index is 4.62. The van der Waals surface area contributed by atoms with Crippen LogP contribution in [0.15, 0.2) is 11.6 Å². The van der Waals surface area contributed by atoms with E-state index >= 15 is 0 Å². The predicted molar refractivity (Wildman–Crippen MR) is 89.1 cm³/mol. The van der Waals surface area contributed by atoms with Gasteiger partial charge >= 0.3 is 0 Å². The molecule has 0 saturated heterocycles. The SMILES string of the molecule is CCCNc1nc(CC)nc(NC(C)c2nccs2)c1C. The summed E-state index contributed by atoms with van der Waals surface area (Å²) in [6, 6.07) is 0.141. The molecule has 2 aromatic heterocycles. The normalized spacial score (nSPS) is 12.2. The number of anilines is 2. The third kappa shape index (κ3) is 3.91. The lowest BCUT2D eigenvalue weighted by Crippen LogP contribution is -2.14. The van der Waals surface area contributed by atoms with Gasteiger partial charge in [-0.25, -0.2) is 15.0 Å². The van der Waals surface area contributed by atoms with Gasteiger partial charge < -0.3 is 10.6 Å². The van der Waals surface area contributed by atoms with Gasteiger partial charge in [0.25, 0.3) is 0 Å². The Hall–Kier alpha value is -1.69. The monoisotopic (exact) mass is 305 g/mol. The summed E-state index contributed by atoms with van der Waals surface area (Å²) in [5.74, 6) is 2.67. The number of nitrogens with one attached hydrogen (secondary N) is 2. The second kappa shape index (κ2) is 7.36. The van der Waals surface area contributed by atoms with E-state index in [1.807, 2.05) is 18.5 Å². The van der Waals surface area contributed by atoms with Crippen molar-refractivity contribution in [2.24, 2.45) is 0 Å². The van der Waals surface area contributed by atoms with E-state index < -0.39 is 0 Å². The van der Waals surface area contributed by atoms with E-state index in [0.29, 0.717) is 0 Å². The maximum absolute atomic E-state index is 4.62. The summed E-state index contributed by atoms with van der Waals surface area (Å²) < 4.78 is 0. The van der Waals surface area contributed by atoms with Crippen LogP contribution >= 0.6 is 11.3 Å². The molecule has 21 heavy (non-hydrogen) atoms. The minimum atomic E-state index is 0.141. The van der Waals surface area contributed by atoms with E-state index in [0.717, 1.165) is 47.4 Å². The van der Waals surface area contributed by atoms with Gasteiger partial charge in [-0.2, -0.15) is 0 Å². The average molecular weight is 305 g/mol. The number of thiazole rings is 1. The first kappa shape index (κ1) is 15.7. The molecule has 6 heteroatoms. The Morgan fingerprint density at radius 3 is 2.62 bits per heavy atom. The fraction of sp³-hybridized carbons (Fsp3) is 0.533. The highest BCUT2D eigenvalue weighted by Crippen LogP contribution is 2.25. The van der Waals surface area contributed by atoms with Gasteiger partial charge in [-0.3, -0.25) is 0 Å². The molecule has 2 rings (SSSR count). The number of nitrogens with zero attached hydrogens (tertiary/aromatic N) is 3. The van der Waals surface area contributed by atoms with Crippen molar-refractivity contribution in [1.29, 1.82) is 0 Å². The molecule has 0 amide bonds. The van der Waals surface area contributed by atoms with Gasteiger partial charge in [-0.05, 0) is 20.3 Å². The highest BCUT2D eigenvalue weighted by Gasteiger charge is 2.14. The van der Waals surface area contributed by atoms with Crippen LogP contribution in [0.4, 0.5) is 11.6 Å². The number of hydrogen-bond donors (Lipinski definition) is 2. The number of aromatic nitrogens is 3. The lowest BCUT2D eigenvalue weighted by molar-refractivity contribution is 0.839. The number of rotatable bonds is 7. The zero-order valence-corrected chi connectivity index (χ0v) is 13.9. The first-order chi connectivity index (χ1) is 10.2. The lowest BCUT2D eigenvalue weighted by Gasteiger charge is -2.17. The molecule has 1 atom stereocenters. The molecule has 0 aromatic carbocycles. The Balaban J connectivity index is 2.24. The van der Waals surface area contributed by atoms with Gasteiger partial charge in [-0.15, -0.1) is 11.3 Å². The van der Waals surface area contributed by atoms with E-state index in [-0.39, 0.29) is 6.04 Å². The third-order valence-electron chi connectivity index (χ3n) is 3.23. The van der Waals surface area contributed by atoms with Crippen LogP contribution in [0.2, 0.25) is 0 Å². The van der Waals surface area contributed by atoms with Crippen molar-refractivity contribution in [3.8, 4) is 0 Å². The van der Waals surface area contributed by atoms with E-state index in [4.69, 9.17) is 0 Å². The van der Waals surface area contributed by atoms with Crippen molar-refractivity contribution in [3.05, 3.63) is 28.0 Å². The molecule has 2 N–H and O–H groups in total. The first-order valence-electron chi connectivity index (χ1n) is 7.43. The van der Waals surface area contributed by atoms with Crippen molar-refractivity contribution >= 4 is 23.0 Å². The highest BCUT2D eigenvalue weighted by atomic mass is 32.1. The minimum Gasteiger partial charge on any atom is -0.370 e. The zero-order valence-electron chi connectivity index (χ0n) is 13.1. The van der Waals surface area contributed by atoms with Gasteiger partial charge in [0.05, 0.1) is 6.04 Å². The standard InChI is InChI=1S/C15H23N5S/c1-5-7-16-13-10(3)14(20-12(6-2)19-13)18-11(4)15-17-8-9-21-15/h8-9,11H,5-7H2,1-4H3,(H2,16,18,19,20). The highest BCUT2D eigenvalue weighted by molar-refractivity contribution is 7.09. The van der Waals surface area contributed by atoms with Crippen LogP contribution in [-0.2, 0) is 6.42 Å². The smallest absolute Gasteiger partial charge is 0.135 e. The summed E-state index contributed by atoms with van der Waals surface area (Å²) >= 11 is 1.65. The maximum Gasteiger partial charge on any atom is 0.135 e. The molecule has 0 aliphatic heterocycles. The Kier molecular flexibility index (Phi) is 5.50. The molecule has 0 spiro atoms. The van der Waals surface area contributed by atoms with Gasteiger partial charge in [-0.1, -0.05) is 13.8 Å². The van der Waals surface area contributed by atoms with Crippen LogP contribution in [0.1, 0.15) is 49.6 Å². The summed E-state index contributed by atoms with van der Waals surface area (Å²) in [6.45, 7) is 9.29. The second-order valence-corrected chi connectivity index (χ2v) is 5.90. The topological polar surface area (TPSA) is 62.7 Å². The summed E-state index contributed by atoms with van der Waals surface area (Å²) in [6.07, 6.45) is 3.72. The Morgan fingerprint density at radius 1 is 1.24 bits per heavy atom. The average Bonchev–Trinajstić information content (AvgIpc) is 3.02. The van der Waals surface area contributed by atoms with Crippen LogP contribution in [-0.4, -0.2) is 21.5 Å². The zero-order chi connectivity index (χ0) is 15.2. The molecule has 2 heterocycles. The molecule has 5 nitrogen and oxygen atoms in total. The van der Waals surface area contributed by atoms with Crippen LogP contribution in [0.3, 0.4) is 0 Å². The predicted octanol–water partition coefficient (Wildman–Crippen LogP) is 3.80. The molecule has 0 fully saturated rings. The van der Waals surface area contributed by atoms with Crippen molar-refractivity contribution in [1.82, 2.24) is 15.0 Å². The van der Waals surface area contributed by atoms with Gasteiger partial charge in [0.1, 0.15) is 22.5 Å². The minimum absolute atomic E-state index is 0.141. The molecule has 0 saturated carbocycles. The molecule has 0 radical (unpaired) electrons. The quantitative estimate of drug-likeness (QED) is 0.814. The van der Waals surface area contributed by atoms with Gasteiger partial charge in [0.2, 0.25) is 0 Å². The Bertz CT molecular complexity index is 568. The van der Waals surface area contributed by atoms with Crippen molar-refractivity contribution in [3.63, 3.8) is 0 Å². The van der Waals surface area contributed by atoms with E-state index in [2.05, 4.69) is 46.4 Å². The molecular formula is C15H23N5S. The van der Waals surface area contributed by atoms with Crippen LogP contribution in [0.25, 0.3) is 0 Å². The fourth-order valence-corrected chi connectivity index (χ4v) is 2.64. The van der Waals surface area contributed by atoms with Crippen LogP contribution in [0.5, 0.6) is 0 Å². The van der Waals surface area contributed by atoms with Crippen molar-refractivity contribution in [2.45, 2.75) is 46.6 Å². The molecule has 2 aromatic rings. The molecule has 1 unspecified atom stereocenters. The fourth-order valence-electron chi connectivity index (χ4n) is 1.99. The van der Waals surface area contributed by atoms with Gasteiger partial charge in [0.15, 0.2) is 0 Å². The summed E-state index contributed by atoms with van der Waals surface area (Å²) in [7, 11) is 0. The van der Waals surface area contributed by atoms with Gasteiger partial charge in [0, 0.05) is 30.1 Å². The van der Waals surface area contributed by atoms with E-state index in [1.54, 1.807) is 11.3 Å². The van der Waals surface area contributed by atoms with E-state index in [1.165, 1.54) is 0 Å². The number of aryl methyl sites for hydroxylation is 1. The largest absolute Gasteiger partial charge is 0.370 e. The first-order valence-corrected chi connectivity index (χ1v) is 8.31. The van der Waals surface area contributed by atoms with Crippen LogP contribution in [0, 0.1) is 6.92 Å². The van der Waals surface area contributed by atoms with Crippen molar-refractivity contribution < 1.29 is 0 Å². The summed E-state index contributed by atoms with van der Waals surface area (Å²) in [5, 5.41) is 9.90. The lowest BCUT2D eigenvalue weighted by atomic mass is 10.2.